The van der Waals surface area contributed by atoms with Crippen LogP contribution in [0.2, 0.25) is 0 Å². The van der Waals surface area contributed by atoms with Crippen LogP contribution in [0.4, 0.5) is 0 Å². The Hall–Kier alpha value is -5.82. The molecule has 6 aromatic rings. The average molecular weight is 673 g/mol. The molecular weight excluding hydrogens is 629 g/mol. The number of amides is 1. The monoisotopic (exact) mass is 672 g/mol. The fourth-order valence-corrected chi connectivity index (χ4v) is 7.56. The number of carbonyl (C=O) groups is 1. The summed E-state index contributed by atoms with van der Waals surface area (Å²) in [6.07, 6.45) is 3.78. The van der Waals surface area contributed by atoms with E-state index in [0.717, 1.165) is 70.5 Å². The summed E-state index contributed by atoms with van der Waals surface area (Å²) < 4.78 is 1.99. The SMILES string of the molecule is CCCCC1NC(=O)C(CC)=C(C)N1Cc1ccc(-c2ccccc2-c2nnnn2C(c2ccccc2)(c2ccccc2)c2ccccc2)cc1. The normalized spacial score (nSPS) is 14.8. The largest absolute Gasteiger partial charge is 0.350 e. The van der Waals surface area contributed by atoms with Crippen molar-refractivity contribution >= 4 is 5.91 Å². The maximum absolute atomic E-state index is 12.9. The first-order valence-corrected chi connectivity index (χ1v) is 18.0. The first-order chi connectivity index (χ1) is 25.1. The van der Waals surface area contributed by atoms with Crippen molar-refractivity contribution < 1.29 is 4.79 Å². The predicted molar refractivity (Wildman–Crippen MR) is 203 cm³/mol. The van der Waals surface area contributed by atoms with Gasteiger partial charge in [0, 0.05) is 23.4 Å². The summed E-state index contributed by atoms with van der Waals surface area (Å²) >= 11 is 0. The van der Waals surface area contributed by atoms with Gasteiger partial charge in [-0.05, 0) is 70.0 Å². The molecule has 1 aliphatic heterocycles. The van der Waals surface area contributed by atoms with Crippen molar-refractivity contribution in [2.45, 2.75) is 64.7 Å². The van der Waals surface area contributed by atoms with Gasteiger partial charge in [0.25, 0.3) is 5.91 Å². The number of nitrogens with one attached hydrogen (secondary N) is 1. The van der Waals surface area contributed by atoms with Gasteiger partial charge >= 0.3 is 0 Å². The van der Waals surface area contributed by atoms with Crippen LogP contribution in [0.25, 0.3) is 22.5 Å². The zero-order valence-electron chi connectivity index (χ0n) is 29.5. The Morgan fingerprint density at radius 3 is 1.80 bits per heavy atom. The molecule has 1 N–H and O–H groups in total. The topological polar surface area (TPSA) is 75.9 Å². The van der Waals surface area contributed by atoms with Gasteiger partial charge in [-0.3, -0.25) is 4.79 Å². The van der Waals surface area contributed by atoms with E-state index in [1.807, 2.05) is 28.9 Å². The van der Waals surface area contributed by atoms with E-state index in [1.54, 1.807) is 0 Å². The lowest BCUT2D eigenvalue weighted by atomic mass is 9.77. The van der Waals surface area contributed by atoms with Gasteiger partial charge in [0.05, 0.1) is 0 Å². The first-order valence-electron chi connectivity index (χ1n) is 18.0. The van der Waals surface area contributed by atoms with E-state index in [4.69, 9.17) is 10.3 Å². The van der Waals surface area contributed by atoms with E-state index in [1.165, 1.54) is 5.56 Å². The molecule has 0 saturated carbocycles. The third kappa shape index (κ3) is 6.36. The molecule has 0 spiro atoms. The van der Waals surface area contributed by atoms with Crippen LogP contribution >= 0.6 is 0 Å². The molecule has 0 saturated heterocycles. The Morgan fingerprint density at radius 2 is 1.25 bits per heavy atom. The van der Waals surface area contributed by atoms with E-state index >= 15 is 0 Å². The third-order valence-corrected chi connectivity index (χ3v) is 10.1. The molecule has 7 heteroatoms. The number of unbranched alkanes of at least 4 members (excludes halogenated alkanes) is 1. The van der Waals surface area contributed by atoms with Crippen LogP contribution in [0.15, 0.2) is 151 Å². The van der Waals surface area contributed by atoms with Gasteiger partial charge in [-0.25, -0.2) is 4.68 Å². The van der Waals surface area contributed by atoms with E-state index in [9.17, 15) is 4.79 Å². The first kappa shape index (κ1) is 33.7. The molecule has 1 amide bonds. The second kappa shape index (κ2) is 15.0. The van der Waals surface area contributed by atoms with Gasteiger partial charge in [0.15, 0.2) is 5.82 Å². The van der Waals surface area contributed by atoms with Crippen LogP contribution in [0, 0.1) is 0 Å². The molecule has 0 radical (unpaired) electrons. The maximum Gasteiger partial charge on any atom is 0.250 e. The zero-order valence-corrected chi connectivity index (χ0v) is 29.5. The molecule has 0 bridgehead atoms. The van der Waals surface area contributed by atoms with Crippen molar-refractivity contribution in [1.82, 2.24) is 30.4 Å². The number of allylic oxidation sites excluding steroid dienone is 1. The van der Waals surface area contributed by atoms with E-state index in [2.05, 4.69) is 151 Å². The summed E-state index contributed by atoms with van der Waals surface area (Å²) in [4.78, 5) is 15.2. The van der Waals surface area contributed by atoms with Crippen molar-refractivity contribution in [2.24, 2.45) is 0 Å². The fraction of sp³-hybridized carbons (Fsp3) is 0.227. The highest BCUT2D eigenvalue weighted by Gasteiger charge is 2.42. The average Bonchev–Trinajstić information content (AvgIpc) is 3.67. The zero-order chi connectivity index (χ0) is 35.2. The molecule has 1 atom stereocenters. The van der Waals surface area contributed by atoms with Gasteiger partial charge < -0.3 is 10.2 Å². The Labute approximate surface area is 300 Å². The molecule has 5 aromatic carbocycles. The second-order valence-corrected chi connectivity index (χ2v) is 13.1. The Morgan fingerprint density at radius 1 is 0.706 bits per heavy atom. The summed E-state index contributed by atoms with van der Waals surface area (Å²) in [6, 6.07) is 48.5. The van der Waals surface area contributed by atoms with E-state index in [-0.39, 0.29) is 12.1 Å². The van der Waals surface area contributed by atoms with E-state index in [0.29, 0.717) is 12.2 Å². The molecular formula is C44H44N6O. The highest BCUT2D eigenvalue weighted by molar-refractivity contribution is 5.95. The van der Waals surface area contributed by atoms with E-state index < -0.39 is 5.54 Å². The molecule has 2 heterocycles. The number of hydrogen-bond donors (Lipinski definition) is 1. The molecule has 51 heavy (non-hydrogen) atoms. The van der Waals surface area contributed by atoms with Crippen LogP contribution in [-0.2, 0) is 16.9 Å². The Bertz CT molecular complexity index is 2010. The van der Waals surface area contributed by atoms with Crippen LogP contribution in [-0.4, -0.2) is 37.2 Å². The van der Waals surface area contributed by atoms with Crippen molar-refractivity contribution in [3.63, 3.8) is 0 Å². The number of hydrogen-bond acceptors (Lipinski definition) is 5. The summed E-state index contributed by atoms with van der Waals surface area (Å²) in [5, 5.41) is 17.1. The quantitative estimate of drug-likeness (QED) is 0.131. The maximum atomic E-state index is 12.9. The molecule has 0 fully saturated rings. The minimum Gasteiger partial charge on any atom is -0.350 e. The van der Waals surface area contributed by atoms with Gasteiger partial charge in [0.1, 0.15) is 11.7 Å². The lowest BCUT2D eigenvalue weighted by Crippen LogP contribution is -2.52. The van der Waals surface area contributed by atoms with Crippen molar-refractivity contribution in [2.75, 3.05) is 0 Å². The highest BCUT2D eigenvalue weighted by atomic mass is 16.2. The minimum atomic E-state index is -0.847. The van der Waals surface area contributed by atoms with Gasteiger partial charge in [-0.1, -0.05) is 160 Å². The molecule has 0 aliphatic carbocycles. The van der Waals surface area contributed by atoms with Crippen LogP contribution in [0.3, 0.4) is 0 Å². The Balaban J connectivity index is 1.31. The molecule has 7 nitrogen and oxygen atoms in total. The number of benzene rings is 5. The summed E-state index contributed by atoms with van der Waals surface area (Å²) in [5.74, 6) is 0.736. The molecule has 1 aliphatic rings. The van der Waals surface area contributed by atoms with Crippen molar-refractivity contribution in [3.05, 3.63) is 173 Å². The van der Waals surface area contributed by atoms with Crippen LogP contribution < -0.4 is 5.32 Å². The third-order valence-electron chi connectivity index (χ3n) is 10.1. The van der Waals surface area contributed by atoms with Crippen LogP contribution in [0.1, 0.15) is 68.7 Å². The predicted octanol–water partition coefficient (Wildman–Crippen LogP) is 8.98. The number of tetrazole rings is 1. The summed E-state index contributed by atoms with van der Waals surface area (Å²) in [7, 11) is 0. The minimum absolute atomic E-state index is 0.00822. The van der Waals surface area contributed by atoms with Crippen LogP contribution in [0.5, 0.6) is 0 Å². The number of rotatable bonds is 12. The van der Waals surface area contributed by atoms with Gasteiger partial charge in [-0.15, -0.1) is 5.10 Å². The lowest BCUT2D eigenvalue weighted by Gasteiger charge is -2.40. The smallest absolute Gasteiger partial charge is 0.250 e. The molecule has 7 rings (SSSR count). The molecule has 256 valence electrons. The fourth-order valence-electron chi connectivity index (χ4n) is 7.56. The van der Waals surface area contributed by atoms with Gasteiger partial charge in [0.2, 0.25) is 0 Å². The van der Waals surface area contributed by atoms with Gasteiger partial charge in [-0.2, -0.15) is 0 Å². The number of nitrogens with zero attached hydrogens (tertiary/aromatic N) is 5. The Kier molecular flexibility index (Phi) is 9.88. The summed E-state index contributed by atoms with van der Waals surface area (Å²) in [5.41, 5.74) is 8.49. The number of carbonyl (C=O) groups excluding carboxylic acids is 1. The highest BCUT2D eigenvalue weighted by Crippen LogP contribution is 2.43. The molecule has 1 aromatic heterocycles. The molecule has 1 unspecified atom stereocenters. The lowest BCUT2D eigenvalue weighted by molar-refractivity contribution is -0.121. The standard InChI is InChI=1S/C44H44N6O/c1-4-6-26-41-45-43(51)38(5-2)32(3)49(41)31-33-27-29-34(30-28-33)39-24-16-17-25-40(39)42-46-47-48-50(42)44(35-18-10-7-11-19-35,36-20-12-8-13-21-36)37-22-14-9-15-23-37/h7-25,27-30,41H,4-6,26,31H2,1-3H3,(H,45,51). The number of aromatic nitrogens is 4. The summed E-state index contributed by atoms with van der Waals surface area (Å²) in [6.45, 7) is 7.05. The second-order valence-electron chi connectivity index (χ2n) is 13.1. The van der Waals surface area contributed by atoms with Crippen molar-refractivity contribution in [1.29, 1.82) is 0 Å². The van der Waals surface area contributed by atoms with Crippen molar-refractivity contribution in [3.8, 4) is 22.5 Å².